The zero-order valence-electron chi connectivity index (χ0n) is 13.1. The van der Waals surface area contributed by atoms with E-state index in [0.29, 0.717) is 5.92 Å². The molecule has 1 saturated carbocycles. The fraction of sp³-hybridized carbons (Fsp3) is 0.500. The van der Waals surface area contributed by atoms with Crippen LogP contribution >= 0.6 is 11.6 Å². The minimum Gasteiger partial charge on any atom is -0.481 e. The van der Waals surface area contributed by atoms with Crippen LogP contribution in [0.25, 0.3) is 0 Å². The van der Waals surface area contributed by atoms with E-state index in [1.165, 1.54) is 17.0 Å². The molecule has 2 unspecified atom stereocenters. The molecule has 1 aromatic rings. The van der Waals surface area contributed by atoms with Gasteiger partial charge in [0.2, 0.25) is 0 Å². The van der Waals surface area contributed by atoms with E-state index < -0.39 is 17.7 Å². The van der Waals surface area contributed by atoms with Crippen molar-refractivity contribution in [3.63, 3.8) is 0 Å². The van der Waals surface area contributed by atoms with Gasteiger partial charge in [-0.2, -0.15) is 0 Å². The third-order valence-electron chi connectivity index (χ3n) is 3.99. The van der Waals surface area contributed by atoms with Crippen LogP contribution in [0.5, 0.6) is 0 Å². The van der Waals surface area contributed by atoms with Crippen LogP contribution < -0.4 is 5.32 Å². The number of nitrogens with one attached hydrogen (secondary N) is 1. The van der Waals surface area contributed by atoms with Crippen LogP contribution in [0.4, 0.5) is 9.18 Å². The summed E-state index contributed by atoms with van der Waals surface area (Å²) in [6, 6.07) is 3.83. The van der Waals surface area contributed by atoms with Gasteiger partial charge in [-0.3, -0.25) is 4.79 Å². The lowest BCUT2D eigenvalue weighted by Crippen LogP contribution is -2.42. The van der Waals surface area contributed by atoms with Gasteiger partial charge in [0.05, 0.1) is 17.0 Å². The van der Waals surface area contributed by atoms with E-state index in [1.807, 2.05) is 0 Å². The summed E-state index contributed by atoms with van der Waals surface area (Å²) in [6.07, 6.45) is 1.96. The third-order valence-corrected chi connectivity index (χ3v) is 4.28. The molecule has 2 atom stereocenters. The van der Waals surface area contributed by atoms with E-state index in [9.17, 15) is 14.0 Å². The minimum atomic E-state index is -0.950. The van der Waals surface area contributed by atoms with E-state index in [4.69, 9.17) is 16.7 Å². The van der Waals surface area contributed by atoms with E-state index in [1.54, 1.807) is 20.0 Å². The minimum absolute atomic E-state index is 0.0234. The molecule has 2 rings (SSSR count). The summed E-state index contributed by atoms with van der Waals surface area (Å²) in [5.74, 6) is -1.80. The van der Waals surface area contributed by atoms with Gasteiger partial charge in [-0.15, -0.1) is 0 Å². The number of amides is 2. The second-order valence-electron chi connectivity index (χ2n) is 6.06. The largest absolute Gasteiger partial charge is 0.481 e. The third kappa shape index (κ3) is 4.58. The number of carbonyl (C=O) groups excluding carboxylic acids is 1. The van der Waals surface area contributed by atoms with Crippen molar-refractivity contribution in [2.75, 3.05) is 13.6 Å². The van der Waals surface area contributed by atoms with Crippen molar-refractivity contribution < 1.29 is 19.1 Å². The van der Waals surface area contributed by atoms with Crippen LogP contribution in [0.1, 0.15) is 31.4 Å². The molecule has 23 heavy (non-hydrogen) atoms. The number of carboxylic acid groups (broad SMARTS) is 1. The smallest absolute Gasteiger partial charge is 0.317 e. The lowest BCUT2D eigenvalue weighted by Gasteiger charge is -2.25. The van der Waals surface area contributed by atoms with Crippen molar-refractivity contribution in [3.8, 4) is 0 Å². The molecule has 0 heterocycles. The standard InChI is InChI=1S/C16H20ClFN2O3/c1-9(15(21)22)8-20(2)16(23)19-14(10-3-4-10)11-5-6-13(18)12(17)7-11/h5-7,9-10,14H,3-4,8H2,1-2H3,(H,19,23)(H,21,22). The first-order valence-corrected chi connectivity index (χ1v) is 7.86. The fourth-order valence-electron chi connectivity index (χ4n) is 2.42. The number of aliphatic carboxylic acids is 1. The molecule has 5 nitrogen and oxygen atoms in total. The molecule has 1 aliphatic rings. The molecule has 0 radical (unpaired) electrons. The Balaban J connectivity index is 2.06. The van der Waals surface area contributed by atoms with Gasteiger partial charge in [-0.05, 0) is 36.5 Å². The topological polar surface area (TPSA) is 69.6 Å². The Morgan fingerprint density at radius 1 is 1.48 bits per heavy atom. The van der Waals surface area contributed by atoms with Crippen molar-refractivity contribution in [2.45, 2.75) is 25.8 Å². The van der Waals surface area contributed by atoms with Crippen molar-refractivity contribution in [1.82, 2.24) is 10.2 Å². The Kier molecular flexibility index (Phi) is 5.46. The maximum Gasteiger partial charge on any atom is 0.317 e. The molecule has 0 bridgehead atoms. The number of hydrogen-bond donors (Lipinski definition) is 2. The van der Waals surface area contributed by atoms with E-state index in [2.05, 4.69) is 5.32 Å². The lowest BCUT2D eigenvalue weighted by atomic mass is 10.0. The second kappa shape index (κ2) is 7.17. The Morgan fingerprint density at radius 2 is 2.13 bits per heavy atom. The zero-order valence-corrected chi connectivity index (χ0v) is 13.8. The predicted octanol–water partition coefficient (Wildman–Crippen LogP) is 3.29. The average molecular weight is 343 g/mol. The number of carbonyl (C=O) groups is 2. The van der Waals surface area contributed by atoms with E-state index >= 15 is 0 Å². The Morgan fingerprint density at radius 3 is 2.65 bits per heavy atom. The van der Waals surface area contributed by atoms with E-state index in [0.717, 1.165) is 18.4 Å². The summed E-state index contributed by atoms with van der Waals surface area (Å²) < 4.78 is 13.3. The van der Waals surface area contributed by atoms with Gasteiger partial charge in [0.25, 0.3) is 0 Å². The Bertz CT molecular complexity index is 607. The molecule has 7 heteroatoms. The Labute approximate surface area is 139 Å². The zero-order chi connectivity index (χ0) is 17.1. The number of benzene rings is 1. The fourth-order valence-corrected chi connectivity index (χ4v) is 2.61. The molecular formula is C16H20ClFN2O3. The molecule has 0 spiro atoms. The first-order chi connectivity index (χ1) is 10.8. The highest BCUT2D eigenvalue weighted by atomic mass is 35.5. The van der Waals surface area contributed by atoms with Crippen molar-refractivity contribution >= 4 is 23.6 Å². The SMILES string of the molecule is CC(CN(C)C(=O)NC(c1ccc(F)c(Cl)c1)C1CC1)C(=O)O. The van der Waals surface area contributed by atoms with Crippen LogP contribution in [-0.4, -0.2) is 35.6 Å². The molecule has 2 N–H and O–H groups in total. The van der Waals surface area contributed by atoms with Gasteiger partial charge < -0.3 is 15.3 Å². The van der Waals surface area contributed by atoms with Gasteiger partial charge in [-0.25, -0.2) is 9.18 Å². The van der Waals surface area contributed by atoms with Crippen molar-refractivity contribution in [3.05, 3.63) is 34.6 Å². The number of carboxylic acids is 1. The number of urea groups is 1. The summed E-state index contributed by atoms with van der Waals surface area (Å²) in [5, 5.41) is 11.8. The molecule has 1 aromatic carbocycles. The quantitative estimate of drug-likeness (QED) is 0.833. The van der Waals surface area contributed by atoms with Crippen LogP contribution in [0.3, 0.4) is 0 Å². The van der Waals surface area contributed by atoms with Crippen LogP contribution in [0.15, 0.2) is 18.2 Å². The Hall–Kier alpha value is -1.82. The summed E-state index contributed by atoms with van der Waals surface area (Å²) in [5.41, 5.74) is 0.756. The highest BCUT2D eigenvalue weighted by molar-refractivity contribution is 6.30. The van der Waals surface area contributed by atoms with Crippen LogP contribution in [0, 0.1) is 17.7 Å². The summed E-state index contributed by atoms with van der Waals surface area (Å²) >= 11 is 5.82. The van der Waals surface area contributed by atoms with E-state index in [-0.39, 0.29) is 23.6 Å². The first kappa shape index (κ1) is 17.5. The monoisotopic (exact) mass is 342 g/mol. The predicted molar refractivity (Wildman–Crippen MR) is 84.8 cm³/mol. The van der Waals surface area contributed by atoms with Crippen molar-refractivity contribution in [2.24, 2.45) is 11.8 Å². The second-order valence-corrected chi connectivity index (χ2v) is 6.47. The number of hydrogen-bond acceptors (Lipinski definition) is 2. The maximum absolute atomic E-state index is 13.3. The summed E-state index contributed by atoms with van der Waals surface area (Å²) in [4.78, 5) is 24.5. The normalized spacial score (nSPS) is 16.5. The molecule has 0 aliphatic heterocycles. The molecular weight excluding hydrogens is 323 g/mol. The molecule has 1 fully saturated rings. The highest BCUT2D eigenvalue weighted by Gasteiger charge is 2.34. The first-order valence-electron chi connectivity index (χ1n) is 7.49. The average Bonchev–Trinajstić information content (AvgIpc) is 3.31. The van der Waals surface area contributed by atoms with Gasteiger partial charge in [0.1, 0.15) is 5.82 Å². The maximum atomic E-state index is 13.3. The summed E-state index contributed by atoms with van der Waals surface area (Å²) in [6.45, 7) is 1.66. The van der Waals surface area contributed by atoms with Crippen LogP contribution in [-0.2, 0) is 4.79 Å². The molecule has 0 aromatic heterocycles. The van der Waals surface area contributed by atoms with Crippen molar-refractivity contribution in [1.29, 1.82) is 0 Å². The highest BCUT2D eigenvalue weighted by Crippen LogP contribution is 2.41. The number of rotatable bonds is 6. The van der Waals surface area contributed by atoms with Gasteiger partial charge in [0, 0.05) is 13.6 Å². The molecule has 0 saturated heterocycles. The lowest BCUT2D eigenvalue weighted by molar-refractivity contribution is -0.141. The van der Waals surface area contributed by atoms with Crippen LogP contribution in [0.2, 0.25) is 5.02 Å². The summed E-state index contributed by atoms with van der Waals surface area (Å²) in [7, 11) is 1.55. The number of nitrogens with zero attached hydrogens (tertiary/aromatic N) is 1. The molecule has 126 valence electrons. The molecule has 2 amide bonds. The van der Waals surface area contributed by atoms with Gasteiger partial charge in [0.15, 0.2) is 0 Å². The van der Waals surface area contributed by atoms with Gasteiger partial charge >= 0.3 is 12.0 Å². The molecule has 1 aliphatic carbocycles. The van der Waals surface area contributed by atoms with Gasteiger partial charge in [-0.1, -0.05) is 24.6 Å². The number of halogens is 2.